The summed E-state index contributed by atoms with van der Waals surface area (Å²) >= 11 is 0. The van der Waals surface area contributed by atoms with Crippen molar-refractivity contribution < 1.29 is 23.6 Å². The van der Waals surface area contributed by atoms with E-state index in [1.54, 1.807) is 11.0 Å². The van der Waals surface area contributed by atoms with Crippen molar-refractivity contribution in [1.29, 1.82) is 0 Å². The van der Waals surface area contributed by atoms with E-state index in [0.29, 0.717) is 55.1 Å². The van der Waals surface area contributed by atoms with Crippen molar-refractivity contribution in [2.24, 2.45) is 5.92 Å². The summed E-state index contributed by atoms with van der Waals surface area (Å²) in [6.45, 7) is 5.03. The number of benzene rings is 1. The Balaban J connectivity index is 1.18. The van der Waals surface area contributed by atoms with Crippen LogP contribution in [0.25, 0.3) is 11.0 Å². The molecular formula is C31H33N3O8. The maximum Gasteiger partial charge on any atom is 0.339 e. The molecule has 2 bridgehead atoms. The van der Waals surface area contributed by atoms with Gasteiger partial charge in [0.1, 0.15) is 22.7 Å². The molecule has 0 N–H and O–H groups in total. The van der Waals surface area contributed by atoms with Gasteiger partial charge < -0.3 is 23.4 Å². The minimum Gasteiger partial charge on any atom is -0.487 e. The quantitative estimate of drug-likeness (QED) is 0.260. The summed E-state index contributed by atoms with van der Waals surface area (Å²) in [4.78, 5) is 51.6. The molecule has 0 radical (unpaired) electrons. The molecule has 1 amide bonds. The van der Waals surface area contributed by atoms with Gasteiger partial charge in [0, 0.05) is 54.5 Å². The Kier molecular flexibility index (Phi) is 6.18. The first-order chi connectivity index (χ1) is 20.1. The molecule has 4 aliphatic rings. The van der Waals surface area contributed by atoms with Gasteiger partial charge in [0.2, 0.25) is 0 Å². The second-order valence-corrected chi connectivity index (χ2v) is 12.7. The molecule has 3 aromatic rings. The highest BCUT2D eigenvalue weighted by atomic mass is 16.6. The molecular weight excluding hydrogens is 542 g/mol. The Morgan fingerprint density at radius 2 is 1.88 bits per heavy atom. The highest BCUT2D eigenvalue weighted by Gasteiger charge is 2.38. The number of fused-ring (bicyclic) bond motifs is 9. The minimum absolute atomic E-state index is 0.0152. The van der Waals surface area contributed by atoms with Gasteiger partial charge in [0.05, 0.1) is 10.3 Å². The van der Waals surface area contributed by atoms with Crippen LogP contribution < -0.4 is 20.7 Å². The first-order valence-electron chi connectivity index (χ1n) is 14.7. The fourth-order valence-corrected chi connectivity index (χ4v) is 7.34. The summed E-state index contributed by atoms with van der Waals surface area (Å²) in [5, 5.41) is 12.0. The molecule has 1 saturated heterocycles. The van der Waals surface area contributed by atoms with Crippen LogP contribution in [0.1, 0.15) is 67.8 Å². The van der Waals surface area contributed by atoms with Crippen molar-refractivity contribution in [3.63, 3.8) is 0 Å². The van der Waals surface area contributed by atoms with Gasteiger partial charge in [-0.1, -0.05) is 0 Å². The maximum atomic E-state index is 13.5. The van der Waals surface area contributed by atoms with E-state index in [1.807, 2.05) is 19.9 Å². The molecule has 42 heavy (non-hydrogen) atoms. The van der Waals surface area contributed by atoms with Crippen LogP contribution in [0.2, 0.25) is 0 Å². The standard InChI is InChI=1S/C31H33N3O8/c1-31(2)10-9-21-24(42-31)12-25(27-19-5-3-4-6-20(19)30(37)41-28(21)27)40-16-26(35)32-13-17-11-18(15-32)22-7-8-23(34(38)39)29(36)33(22)14-17/h7-8,12,17-18H,3-6,9-11,13-16H2,1-2H3/t17-,18+/m1/s1. The van der Waals surface area contributed by atoms with Crippen LogP contribution in [0.15, 0.2) is 32.2 Å². The van der Waals surface area contributed by atoms with Crippen molar-refractivity contribution in [3.05, 3.63) is 71.5 Å². The van der Waals surface area contributed by atoms with E-state index in [1.165, 1.54) is 10.6 Å². The number of ether oxygens (including phenoxy) is 2. The summed E-state index contributed by atoms with van der Waals surface area (Å²) < 4.78 is 20.0. The molecule has 2 atom stereocenters. The Labute approximate surface area is 241 Å². The molecule has 2 aromatic heterocycles. The normalized spacial score (nSPS) is 22.0. The number of nitrogens with zero attached hydrogens (tertiary/aromatic N) is 3. The van der Waals surface area contributed by atoms with Gasteiger partial charge >= 0.3 is 16.9 Å². The van der Waals surface area contributed by atoms with Crippen LogP contribution >= 0.6 is 0 Å². The third-order valence-electron chi connectivity index (χ3n) is 9.37. The number of carbonyl (C=O) groups excluding carboxylic acids is 1. The molecule has 11 heteroatoms. The molecule has 11 nitrogen and oxygen atoms in total. The van der Waals surface area contributed by atoms with Crippen molar-refractivity contribution >= 4 is 22.6 Å². The fourth-order valence-electron chi connectivity index (χ4n) is 7.34. The van der Waals surface area contributed by atoms with Gasteiger partial charge in [-0.15, -0.1) is 0 Å². The average Bonchev–Trinajstić information content (AvgIpc) is 2.95. The van der Waals surface area contributed by atoms with Crippen LogP contribution in [0.5, 0.6) is 11.5 Å². The SMILES string of the molecule is CC1(C)CCc2c(cc(OCC(=O)N3C[C@H]4C[C@@H](C3)c3ccc([N+](=O)[O-])c(=O)n3C4)c3c4c(c(=O)oc23)CCCC4)O1. The molecule has 220 valence electrons. The van der Waals surface area contributed by atoms with Crippen LogP contribution in [0.4, 0.5) is 5.69 Å². The highest BCUT2D eigenvalue weighted by molar-refractivity contribution is 5.93. The van der Waals surface area contributed by atoms with Gasteiger partial charge in [-0.05, 0) is 76.3 Å². The van der Waals surface area contributed by atoms with E-state index >= 15 is 0 Å². The Hall–Kier alpha value is -4.15. The summed E-state index contributed by atoms with van der Waals surface area (Å²) in [6, 6.07) is 4.76. The number of pyridine rings is 1. The maximum absolute atomic E-state index is 13.5. The van der Waals surface area contributed by atoms with Gasteiger partial charge in [-0.25, -0.2) is 4.79 Å². The number of nitro groups is 1. The third-order valence-corrected chi connectivity index (χ3v) is 9.37. The topological polar surface area (TPSA) is 134 Å². The Morgan fingerprint density at radius 3 is 2.67 bits per heavy atom. The predicted octanol–water partition coefficient (Wildman–Crippen LogP) is 3.87. The largest absolute Gasteiger partial charge is 0.487 e. The smallest absolute Gasteiger partial charge is 0.339 e. The molecule has 1 fully saturated rings. The molecule has 0 unspecified atom stereocenters. The molecule has 0 spiro atoms. The number of likely N-dealkylation sites (tertiary alicyclic amines) is 1. The van der Waals surface area contributed by atoms with Gasteiger partial charge in [-0.3, -0.25) is 19.7 Å². The zero-order valence-electron chi connectivity index (χ0n) is 23.8. The van der Waals surface area contributed by atoms with E-state index in [0.717, 1.165) is 54.3 Å². The van der Waals surface area contributed by atoms with Crippen molar-refractivity contribution in [1.82, 2.24) is 9.47 Å². The summed E-state index contributed by atoms with van der Waals surface area (Å²) in [7, 11) is 0. The number of amides is 1. The summed E-state index contributed by atoms with van der Waals surface area (Å²) in [5.41, 5.74) is 2.03. The van der Waals surface area contributed by atoms with Crippen molar-refractivity contribution in [2.45, 2.75) is 76.9 Å². The zero-order chi connectivity index (χ0) is 29.3. The van der Waals surface area contributed by atoms with E-state index in [2.05, 4.69) is 0 Å². The summed E-state index contributed by atoms with van der Waals surface area (Å²) in [5.74, 6) is 0.848. The van der Waals surface area contributed by atoms with Gasteiger partial charge in [0.15, 0.2) is 6.61 Å². The lowest BCUT2D eigenvalue weighted by Gasteiger charge is -2.42. The molecule has 1 aromatic carbocycles. The van der Waals surface area contributed by atoms with E-state index in [4.69, 9.17) is 13.9 Å². The van der Waals surface area contributed by atoms with Crippen LogP contribution in [0, 0.1) is 16.0 Å². The zero-order valence-corrected chi connectivity index (χ0v) is 23.8. The van der Waals surface area contributed by atoms with Crippen molar-refractivity contribution in [3.8, 4) is 11.5 Å². The van der Waals surface area contributed by atoms with Gasteiger partial charge in [0.25, 0.3) is 5.91 Å². The molecule has 3 aliphatic heterocycles. The second-order valence-electron chi connectivity index (χ2n) is 12.7. The number of carbonyl (C=O) groups is 1. The van der Waals surface area contributed by atoms with Crippen LogP contribution in [-0.2, 0) is 30.6 Å². The molecule has 5 heterocycles. The van der Waals surface area contributed by atoms with E-state index in [9.17, 15) is 24.5 Å². The number of aromatic nitrogens is 1. The van der Waals surface area contributed by atoms with E-state index in [-0.39, 0.29) is 35.6 Å². The number of hydrogen-bond acceptors (Lipinski definition) is 8. The lowest BCUT2D eigenvalue weighted by Crippen LogP contribution is -2.50. The van der Waals surface area contributed by atoms with Crippen LogP contribution in [0.3, 0.4) is 0 Å². The third kappa shape index (κ3) is 4.37. The van der Waals surface area contributed by atoms with Crippen LogP contribution in [-0.4, -0.2) is 45.6 Å². The Morgan fingerprint density at radius 1 is 1.10 bits per heavy atom. The number of hydrogen-bond donors (Lipinski definition) is 0. The first kappa shape index (κ1) is 26.7. The monoisotopic (exact) mass is 575 g/mol. The molecule has 1 aliphatic carbocycles. The van der Waals surface area contributed by atoms with Gasteiger partial charge in [-0.2, -0.15) is 0 Å². The second kappa shape index (κ2) is 9.71. The lowest BCUT2D eigenvalue weighted by molar-refractivity contribution is -0.386. The minimum atomic E-state index is -0.647. The Bertz CT molecular complexity index is 1770. The van der Waals surface area contributed by atoms with E-state index < -0.39 is 16.2 Å². The molecule has 0 saturated carbocycles. The first-order valence-corrected chi connectivity index (χ1v) is 14.7. The molecule has 7 rings (SSSR count). The highest BCUT2D eigenvalue weighted by Crippen LogP contribution is 2.44. The fraction of sp³-hybridized carbons (Fsp3) is 0.516. The number of aryl methyl sites for hydroxylation is 2. The lowest BCUT2D eigenvalue weighted by atomic mass is 9.83. The number of piperidine rings is 1. The number of rotatable bonds is 4. The predicted molar refractivity (Wildman–Crippen MR) is 152 cm³/mol. The summed E-state index contributed by atoms with van der Waals surface area (Å²) in [6.07, 6.45) is 5.62. The average molecular weight is 576 g/mol. The van der Waals surface area contributed by atoms with Crippen molar-refractivity contribution in [2.75, 3.05) is 19.7 Å².